The molecule has 0 spiro atoms. The third-order valence-corrected chi connectivity index (χ3v) is 6.72. The van der Waals surface area contributed by atoms with Crippen LogP contribution in [0.15, 0.2) is 53.4 Å². The van der Waals surface area contributed by atoms with Gasteiger partial charge in [-0.05, 0) is 48.6 Å². The third kappa shape index (κ3) is 6.44. The van der Waals surface area contributed by atoms with Crippen LogP contribution in [0.2, 0.25) is 5.02 Å². The first-order valence-corrected chi connectivity index (χ1v) is 12.4. The minimum atomic E-state index is -0.732. The van der Waals surface area contributed by atoms with Gasteiger partial charge >= 0.3 is 6.03 Å². The number of halogens is 1. The average molecular weight is 490 g/mol. The van der Waals surface area contributed by atoms with E-state index in [1.807, 2.05) is 56.5 Å². The number of nitrogens with zero attached hydrogens (tertiary/aromatic N) is 2. The Balaban J connectivity index is 1.66. The molecule has 0 aliphatic rings. The molecule has 0 saturated carbocycles. The summed E-state index contributed by atoms with van der Waals surface area (Å²) in [6.07, 6.45) is 2.70. The Hall–Kier alpha value is -2.62. The molecule has 0 aliphatic heterocycles. The molecule has 0 fully saturated rings. The second kappa shape index (κ2) is 11.3. The average Bonchev–Trinajstić information content (AvgIpc) is 3.26. The smallest absolute Gasteiger partial charge is 0.319 e. The summed E-state index contributed by atoms with van der Waals surface area (Å²) in [5.41, 5.74) is 1.47. The zero-order valence-electron chi connectivity index (χ0n) is 17.9. The molecule has 3 aromatic rings. The maximum atomic E-state index is 12.9. The van der Waals surface area contributed by atoms with Gasteiger partial charge in [-0.25, -0.2) is 4.79 Å². The fourth-order valence-corrected chi connectivity index (χ4v) is 4.22. The molecule has 0 aliphatic carbocycles. The number of thioether (sulfide) groups is 1. The summed E-state index contributed by atoms with van der Waals surface area (Å²) < 4.78 is 0. The molecule has 3 amide bonds. The largest absolute Gasteiger partial charge is 0.326 e. The standard InChI is InChI=1S/C22H24ClN5O2S2/c1-4-13(2)18(25-21(30)24-16-8-10-17(31-3)11-9-16)19(29)26-22-28-27-20(32-22)14-6-5-7-15(23)12-14/h5-13,18H,4H2,1-3H3,(H2,24,25,30)(H,26,28,29)/t13-,18+/m0/s1. The number of aromatic nitrogens is 2. The van der Waals surface area contributed by atoms with Crippen LogP contribution in [-0.2, 0) is 4.79 Å². The summed E-state index contributed by atoms with van der Waals surface area (Å²) in [5, 5.41) is 18.1. The minimum absolute atomic E-state index is 0.0834. The highest BCUT2D eigenvalue weighted by Gasteiger charge is 2.27. The summed E-state index contributed by atoms with van der Waals surface area (Å²) in [6.45, 7) is 3.88. The van der Waals surface area contributed by atoms with Crippen LogP contribution in [0.25, 0.3) is 10.6 Å². The highest BCUT2D eigenvalue weighted by molar-refractivity contribution is 7.98. The van der Waals surface area contributed by atoms with Crippen molar-refractivity contribution in [1.29, 1.82) is 0 Å². The molecule has 0 radical (unpaired) electrons. The lowest BCUT2D eigenvalue weighted by atomic mass is 9.98. The first-order valence-electron chi connectivity index (χ1n) is 10.0. The Morgan fingerprint density at radius 2 is 1.88 bits per heavy atom. The predicted molar refractivity (Wildman–Crippen MR) is 133 cm³/mol. The van der Waals surface area contributed by atoms with E-state index in [-0.39, 0.29) is 11.8 Å². The topological polar surface area (TPSA) is 96.0 Å². The van der Waals surface area contributed by atoms with Gasteiger partial charge < -0.3 is 10.6 Å². The molecule has 10 heteroatoms. The highest BCUT2D eigenvalue weighted by Crippen LogP contribution is 2.28. The lowest BCUT2D eigenvalue weighted by molar-refractivity contribution is -0.119. The second-order valence-corrected chi connectivity index (χ2v) is 9.40. The molecule has 1 aromatic heterocycles. The van der Waals surface area contributed by atoms with E-state index >= 15 is 0 Å². The van der Waals surface area contributed by atoms with E-state index in [0.717, 1.165) is 10.5 Å². The van der Waals surface area contributed by atoms with Gasteiger partial charge in [-0.2, -0.15) is 0 Å². The number of anilines is 2. The maximum Gasteiger partial charge on any atom is 0.319 e. The minimum Gasteiger partial charge on any atom is -0.326 e. The van der Waals surface area contributed by atoms with Crippen molar-refractivity contribution in [2.75, 3.05) is 16.9 Å². The predicted octanol–water partition coefficient (Wildman–Crippen LogP) is 5.76. The molecule has 2 atom stereocenters. The Morgan fingerprint density at radius 1 is 1.12 bits per heavy atom. The van der Waals surface area contributed by atoms with Gasteiger partial charge in [-0.3, -0.25) is 10.1 Å². The molecular weight excluding hydrogens is 466 g/mol. The van der Waals surface area contributed by atoms with Gasteiger partial charge in [0.2, 0.25) is 11.0 Å². The normalized spacial score (nSPS) is 12.6. The van der Waals surface area contributed by atoms with E-state index in [9.17, 15) is 9.59 Å². The number of carbonyl (C=O) groups excluding carboxylic acids is 2. The summed E-state index contributed by atoms with van der Waals surface area (Å²) in [5.74, 6) is -0.430. The zero-order valence-corrected chi connectivity index (χ0v) is 20.3. The molecule has 7 nitrogen and oxygen atoms in total. The Morgan fingerprint density at radius 3 is 2.53 bits per heavy atom. The Bertz CT molecular complexity index is 1070. The van der Waals surface area contributed by atoms with E-state index in [1.165, 1.54) is 11.3 Å². The molecule has 3 N–H and O–H groups in total. The number of hydrogen-bond acceptors (Lipinski definition) is 6. The molecule has 2 aromatic carbocycles. The third-order valence-electron chi connectivity index (χ3n) is 4.86. The Labute approximate surface area is 200 Å². The van der Waals surface area contributed by atoms with Crippen LogP contribution < -0.4 is 16.0 Å². The zero-order chi connectivity index (χ0) is 23.1. The van der Waals surface area contributed by atoms with Crippen molar-refractivity contribution in [2.45, 2.75) is 31.2 Å². The van der Waals surface area contributed by atoms with Crippen LogP contribution in [0, 0.1) is 5.92 Å². The fraction of sp³-hybridized carbons (Fsp3) is 0.273. The van der Waals surface area contributed by atoms with E-state index in [2.05, 4.69) is 26.1 Å². The van der Waals surface area contributed by atoms with Crippen LogP contribution in [0.1, 0.15) is 20.3 Å². The number of hydrogen-bond donors (Lipinski definition) is 3. The lowest BCUT2D eigenvalue weighted by Crippen LogP contribution is -2.49. The Kier molecular flexibility index (Phi) is 8.49. The van der Waals surface area contributed by atoms with Crippen molar-refractivity contribution in [3.8, 4) is 10.6 Å². The van der Waals surface area contributed by atoms with E-state index in [1.54, 1.807) is 23.9 Å². The van der Waals surface area contributed by atoms with Gasteiger partial charge in [0.25, 0.3) is 0 Å². The SMILES string of the molecule is CC[C@H](C)[C@@H](NC(=O)Nc1ccc(SC)cc1)C(=O)Nc1nnc(-c2cccc(Cl)c2)s1. The van der Waals surface area contributed by atoms with Gasteiger partial charge in [-0.1, -0.05) is 55.3 Å². The second-order valence-electron chi connectivity index (χ2n) is 7.10. The van der Waals surface area contributed by atoms with Crippen LogP contribution in [0.5, 0.6) is 0 Å². The molecule has 0 unspecified atom stereocenters. The highest BCUT2D eigenvalue weighted by atomic mass is 35.5. The van der Waals surface area contributed by atoms with Crippen LogP contribution in [0.3, 0.4) is 0 Å². The fourth-order valence-electron chi connectivity index (χ4n) is 2.88. The van der Waals surface area contributed by atoms with Crippen LogP contribution in [-0.4, -0.2) is 34.4 Å². The van der Waals surface area contributed by atoms with Crippen LogP contribution in [0.4, 0.5) is 15.6 Å². The van der Waals surface area contributed by atoms with Gasteiger partial charge in [0.05, 0.1) is 0 Å². The molecule has 0 saturated heterocycles. The molecule has 32 heavy (non-hydrogen) atoms. The van der Waals surface area contributed by atoms with Crippen molar-refractivity contribution < 1.29 is 9.59 Å². The maximum absolute atomic E-state index is 12.9. The molecule has 168 valence electrons. The number of benzene rings is 2. The summed E-state index contributed by atoms with van der Waals surface area (Å²) in [6, 6.07) is 13.6. The first kappa shape index (κ1) is 24.0. The van der Waals surface area contributed by atoms with E-state index in [0.29, 0.717) is 27.3 Å². The monoisotopic (exact) mass is 489 g/mol. The quantitative estimate of drug-likeness (QED) is 0.350. The van der Waals surface area contributed by atoms with Gasteiger partial charge in [-0.15, -0.1) is 22.0 Å². The number of amides is 3. The van der Waals surface area contributed by atoms with Crippen molar-refractivity contribution in [1.82, 2.24) is 15.5 Å². The number of carbonyl (C=O) groups is 2. The molecule has 0 bridgehead atoms. The van der Waals surface area contributed by atoms with Crippen molar-refractivity contribution in [3.63, 3.8) is 0 Å². The van der Waals surface area contributed by atoms with E-state index < -0.39 is 12.1 Å². The summed E-state index contributed by atoms with van der Waals surface area (Å²) in [4.78, 5) is 26.6. The molecule has 3 rings (SSSR count). The van der Waals surface area contributed by atoms with Gasteiger partial charge in [0, 0.05) is 21.2 Å². The van der Waals surface area contributed by atoms with Crippen molar-refractivity contribution >= 4 is 57.5 Å². The number of urea groups is 1. The molecular formula is C22H24ClN5O2S2. The summed E-state index contributed by atoms with van der Waals surface area (Å²) in [7, 11) is 0. The van der Waals surface area contributed by atoms with E-state index in [4.69, 9.17) is 11.6 Å². The number of rotatable bonds is 8. The van der Waals surface area contributed by atoms with Gasteiger partial charge in [0.15, 0.2) is 0 Å². The van der Waals surface area contributed by atoms with Crippen molar-refractivity contribution in [2.24, 2.45) is 5.92 Å². The van der Waals surface area contributed by atoms with Gasteiger partial charge in [0.1, 0.15) is 11.0 Å². The summed E-state index contributed by atoms with van der Waals surface area (Å²) >= 11 is 8.90. The van der Waals surface area contributed by atoms with Crippen LogP contribution >= 0.6 is 34.7 Å². The first-order chi connectivity index (χ1) is 15.4. The lowest BCUT2D eigenvalue weighted by Gasteiger charge is -2.23. The number of nitrogens with one attached hydrogen (secondary N) is 3. The molecule has 1 heterocycles. The van der Waals surface area contributed by atoms with Crippen molar-refractivity contribution in [3.05, 3.63) is 53.6 Å².